The molecule has 1 unspecified atom stereocenters. The molecule has 0 fully saturated rings. The van der Waals surface area contributed by atoms with E-state index in [2.05, 4.69) is 21.0 Å². The van der Waals surface area contributed by atoms with Crippen LogP contribution in [0.15, 0.2) is 22.8 Å². The SMILES string of the molecule is Cn1ncc(Br)c1C(N)c1c(F)cc(F)cc1F. The van der Waals surface area contributed by atoms with Crippen molar-refractivity contribution in [2.75, 3.05) is 0 Å². The van der Waals surface area contributed by atoms with Crippen LogP contribution in [0, 0.1) is 17.5 Å². The molecule has 18 heavy (non-hydrogen) atoms. The quantitative estimate of drug-likeness (QED) is 0.924. The van der Waals surface area contributed by atoms with Crippen molar-refractivity contribution in [2.45, 2.75) is 6.04 Å². The molecule has 2 N–H and O–H groups in total. The van der Waals surface area contributed by atoms with Crippen molar-refractivity contribution in [3.05, 3.63) is 51.5 Å². The number of aromatic nitrogens is 2. The lowest BCUT2D eigenvalue weighted by atomic mass is 10.0. The van der Waals surface area contributed by atoms with Gasteiger partial charge >= 0.3 is 0 Å². The average molecular weight is 320 g/mol. The summed E-state index contributed by atoms with van der Waals surface area (Å²) in [5.74, 6) is -3.02. The third-order valence-corrected chi connectivity index (χ3v) is 3.20. The molecule has 0 spiro atoms. The molecule has 7 heteroatoms. The van der Waals surface area contributed by atoms with Crippen LogP contribution in [-0.2, 0) is 7.05 Å². The summed E-state index contributed by atoms with van der Waals surface area (Å²) in [5.41, 5.74) is 5.83. The number of nitrogens with zero attached hydrogens (tertiary/aromatic N) is 2. The minimum absolute atomic E-state index is 0.388. The van der Waals surface area contributed by atoms with Crippen LogP contribution in [0.2, 0.25) is 0 Å². The summed E-state index contributed by atoms with van der Waals surface area (Å²) >= 11 is 3.20. The van der Waals surface area contributed by atoms with E-state index >= 15 is 0 Å². The van der Waals surface area contributed by atoms with Crippen molar-refractivity contribution >= 4 is 15.9 Å². The summed E-state index contributed by atoms with van der Waals surface area (Å²) in [6, 6.07) is 0.123. The van der Waals surface area contributed by atoms with Gasteiger partial charge in [-0.3, -0.25) is 4.68 Å². The molecule has 0 saturated carbocycles. The van der Waals surface area contributed by atoms with E-state index in [4.69, 9.17) is 5.73 Å². The lowest BCUT2D eigenvalue weighted by Gasteiger charge is -2.15. The number of hydrogen-bond donors (Lipinski definition) is 1. The zero-order chi connectivity index (χ0) is 13.4. The van der Waals surface area contributed by atoms with Gasteiger partial charge in [0.1, 0.15) is 17.5 Å². The van der Waals surface area contributed by atoms with Gasteiger partial charge in [-0.05, 0) is 15.9 Å². The van der Waals surface area contributed by atoms with Crippen LogP contribution in [0.4, 0.5) is 13.2 Å². The first-order valence-corrected chi connectivity index (χ1v) is 5.78. The van der Waals surface area contributed by atoms with Crippen molar-refractivity contribution in [2.24, 2.45) is 12.8 Å². The molecule has 1 atom stereocenters. The van der Waals surface area contributed by atoms with Gasteiger partial charge in [-0.15, -0.1) is 0 Å². The Kier molecular flexibility index (Phi) is 3.45. The molecule has 1 aromatic carbocycles. The maximum absolute atomic E-state index is 13.6. The summed E-state index contributed by atoms with van der Waals surface area (Å²) in [5, 5.41) is 3.91. The van der Waals surface area contributed by atoms with E-state index in [0.29, 0.717) is 22.3 Å². The van der Waals surface area contributed by atoms with Crippen molar-refractivity contribution in [1.82, 2.24) is 9.78 Å². The Hall–Kier alpha value is -1.34. The van der Waals surface area contributed by atoms with Gasteiger partial charge in [0.25, 0.3) is 0 Å². The van der Waals surface area contributed by atoms with Crippen LogP contribution >= 0.6 is 15.9 Å². The maximum atomic E-state index is 13.6. The fourth-order valence-corrected chi connectivity index (χ4v) is 2.35. The third-order valence-electron chi connectivity index (χ3n) is 2.59. The normalized spacial score (nSPS) is 12.8. The van der Waals surface area contributed by atoms with Crippen LogP contribution in [-0.4, -0.2) is 9.78 Å². The summed E-state index contributed by atoms with van der Waals surface area (Å²) in [6.45, 7) is 0. The molecule has 2 rings (SSSR count). The molecule has 2 aromatic rings. The molecular weight excluding hydrogens is 311 g/mol. The van der Waals surface area contributed by atoms with Crippen LogP contribution in [0.3, 0.4) is 0 Å². The van der Waals surface area contributed by atoms with E-state index in [1.807, 2.05) is 0 Å². The first kappa shape index (κ1) is 13.1. The molecule has 0 aliphatic rings. The summed E-state index contributed by atoms with van der Waals surface area (Å²) < 4.78 is 42.0. The Morgan fingerprint density at radius 1 is 1.28 bits per heavy atom. The molecule has 0 amide bonds. The van der Waals surface area contributed by atoms with Crippen LogP contribution in [0.1, 0.15) is 17.3 Å². The molecule has 1 heterocycles. The molecule has 0 radical (unpaired) electrons. The van der Waals surface area contributed by atoms with Crippen LogP contribution in [0.25, 0.3) is 0 Å². The molecular formula is C11H9BrF3N3. The van der Waals surface area contributed by atoms with Crippen LogP contribution < -0.4 is 5.73 Å². The molecule has 96 valence electrons. The second-order valence-electron chi connectivity index (χ2n) is 3.76. The summed E-state index contributed by atoms with van der Waals surface area (Å²) in [7, 11) is 1.60. The third kappa shape index (κ3) is 2.15. The van der Waals surface area contributed by atoms with E-state index in [1.165, 1.54) is 10.9 Å². The first-order chi connectivity index (χ1) is 8.41. The zero-order valence-corrected chi connectivity index (χ0v) is 10.9. The molecule has 0 aliphatic heterocycles. The van der Waals surface area contributed by atoms with Crippen LogP contribution in [0.5, 0.6) is 0 Å². The number of rotatable bonds is 2. The Morgan fingerprint density at radius 2 is 1.83 bits per heavy atom. The van der Waals surface area contributed by atoms with Gasteiger partial charge in [0.2, 0.25) is 0 Å². The first-order valence-electron chi connectivity index (χ1n) is 4.99. The second-order valence-corrected chi connectivity index (χ2v) is 4.62. The largest absolute Gasteiger partial charge is 0.319 e. The van der Waals surface area contributed by atoms with E-state index < -0.39 is 23.5 Å². The summed E-state index contributed by atoms with van der Waals surface area (Å²) in [6.07, 6.45) is 1.47. The van der Waals surface area contributed by atoms with Gasteiger partial charge < -0.3 is 5.73 Å². The predicted octanol–water partition coefficient (Wildman–Crippen LogP) is 2.65. The number of halogens is 4. The maximum Gasteiger partial charge on any atom is 0.134 e. The molecule has 1 aromatic heterocycles. The fourth-order valence-electron chi connectivity index (χ4n) is 1.76. The average Bonchev–Trinajstić information content (AvgIpc) is 2.56. The van der Waals surface area contributed by atoms with Crippen molar-refractivity contribution in [3.8, 4) is 0 Å². The molecule has 0 bridgehead atoms. The summed E-state index contributed by atoms with van der Waals surface area (Å²) in [4.78, 5) is 0. The number of benzene rings is 1. The number of hydrogen-bond acceptors (Lipinski definition) is 2. The van der Waals surface area contributed by atoms with E-state index in [-0.39, 0.29) is 5.56 Å². The number of nitrogens with two attached hydrogens (primary N) is 1. The highest BCUT2D eigenvalue weighted by Crippen LogP contribution is 2.29. The highest BCUT2D eigenvalue weighted by Gasteiger charge is 2.24. The lowest BCUT2D eigenvalue weighted by molar-refractivity contribution is 0.508. The molecule has 3 nitrogen and oxygen atoms in total. The molecule has 0 saturated heterocycles. The monoisotopic (exact) mass is 319 g/mol. The van der Waals surface area contributed by atoms with E-state index in [1.54, 1.807) is 7.05 Å². The van der Waals surface area contributed by atoms with Crippen molar-refractivity contribution < 1.29 is 13.2 Å². The fraction of sp³-hybridized carbons (Fsp3) is 0.182. The minimum Gasteiger partial charge on any atom is -0.319 e. The topological polar surface area (TPSA) is 43.8 Å². The predicted molar refractivity (Wildman–Crippen MR) is 63.3 cm³/mol. The Balaban J connectivity index is 2.56. The standard InChI is InChI=1S/C11H9BrF3N3/c1-18-11(6(12)4-17-18)10(16)9-7(14)2-5(13)3-8(9)15/h2-4,10H,16H2,1H3. The van der Waals surface area contributed by atoms with Gasteiger partial charge in [0, 0.05) is 24.7 Å². The van der Waals surface area contributed by atoms with Gasteiger partial charge in [-0.25, -0.2) is 13.2 Å². The van der Waals surface area contributed by atoms with Gasteiger partial charge in [-0.2, -0.15) is 5.10 Å². The lowest BCUT2D eigenvalue weighted by Crippen LogP contribution is -2.19. The smallest absolute Gasteiger partial charge is 0.134 e. The minimum atomic E-state index is -1.08. The number of aryl methyl sites for hydroxylation is 1. The Morgan fingerprint density at radius 3 is 2.28 bits per heavy atom. The Bertz CT molecular complexity index is 555. The highest BCUT2D eigenvalue weighted by atomic mass is 79.9. The van der Waals surface area contributed by atoms with Gasteiger partial charge in [0.05, 0.1) is 22.4 Å². The van der Waals surface area contributed by atoms with Gasteiger partial charge in [-0.1, -0.05) is 0 Å². The van der Waals surface area contributed by atoms with E-state index in [0.717, 1.165) is 0 Å². The van der Waals surface area contributed by atoms with Crippen molar-refractivity contribution in [1.29, 1.82) is 0 Å². The second kappa shape index (κ2) is 4.74. The van der Waals surface area contributed by atoms with Crippen molar-refractivity contribution in [3.63, 3.8) is 0 Å². The van der Waals surface area contributed by atoms with Gasteiger partial charge in [0.15, 0.2) is 0 Å². The van der Waals surface area contributed by atoms with E-state index in [9.17, 15) is 13.2 Å². The Labute approximate surface area is 110 Å². The zero-order valence-electron chi connectivity index (χ0n) is 9.29. The molecule has 0 aliphatic carbocycles. The highest BCUT2D eigenvalue weighted by molar-refractivity contribution is 9.10.